The van der Waals surface area contributed by atoms with Gasteiger partial charge in [-0.1, -0.05) is 6.92 Å². The molecule has 18 heavy (non-hydrogen) atoms. The van der Waals surface area contributed by atoms with Crippen molar-refractivity contribution in [3.05, 3.63) is 15.8 Å². The molecule has 4 nitrogen and oxygen atoms in total. The fraction of sp³-hybridized carbons (Fsp3) is 0.615. The van der Waals surface area contributed by atoms with Crippen molar-refractivity contribution < 1.29 is 9.53 Å². The lowest BCUT2D eigenvalue weighted by atomic mass is 10.2. The number of nitrogen functional groups attached to an aromatic ring is 1. The highest BCUT2D eigenvalue weighted by molar-refractivity contribution is 7.14. The molecule has 0 spiro atoms. The van der Waals surface area contributed by atoms with Crippen LogP contribution in [0.25, 0.3) is 0 Å². The summed E-state index contributed by atoms with van der Waals surface area (Å²) in [5, 5.41) is 0. The van der Waals surface area contributed by atoms with Gasteiger partial charge >= 0.3 is 0 Å². The van der Waals surface area contributed by atoms with Gasteiger partial charge in [-0.05, 0) is 26.3 Å². The van der Waals surface area contributed by atoms with Crippen LogP contribution in [0, 0.1) is 6.92 Å². The highest BCUT2D eigenvalue weighted by Crippen LogP contribution is 2.25. The number of aryl methyl sites for hydroxylation is 1. The van der Waals surface area contributed by atoms with Crippen molar-refractivity contribution in [3.8, 4) is 0 Å². The average Bonchev–Trinajstić information content (AvgIpc) is 2.69. The molecule has 0 saturated carbocycles. The second kappa shape index (κ2) is 6.75. The molecule has 2 N–H and O–H groups in total. The zero-order valence-electron chi connectivity index (χ0n) is 11.5. The smallest absolute Gasteiger partial charge is 0.264 e. The van der Waals surface area contributed by atoms with E-state index in [1.165, 1.54) is 11.3 Å². The number of ether oxygens (including phenoxy) is 1. The Morgan fingerprint density at radius 3 is 2.72 bits per heavy atom. The number of hydrogen-bond acceptors (Lipinski definition) is 4. The van der Waals surface area contributed by atoms with Crippen LogP contribution in [0.3, 0.4) is 0 Å². The molecule has 0 aliphatic carbocycles. The molecule has 0 aliphatic rings. The van der Waals surface area contributed by atoms with Crippen LogP contribution in [0.5, 0.6) is 0 Å². The van der Waals surface area contributed by atoms with E-state index in [-0.39, 0.29) is 11.9 Å². The normalized spacial score (nSPS) is 12.4. The van der Waals surface area contributed by atoms with E-state index in [0.717, 1.165) is 11.3 Å². The van der Waals surface area contributed by atoms with Gasteiger partial charge in [-0.2, -0.15) is 0 Å². The van der Waals surface area contributed by atoms with E-state index in [1.54, 1.807) is 13.2 Å². The van der Waals surface area contributed by atoms with Gasteiger partial charge in [0.25, 0.3) is 5.91 Å². The van der Waals surface area contributed by atoms with E-state index in [4.69, 9.17) is 10.5 Å². The third kappa shape index (κ3) is 3.46. The fourth-order valence-electron chi connectivity index (χ4n) is 1.68. The summed E-state index contributed by atoms with van der Waals surface area (Å²) in [6.07, 6.45) is 0.926. The molecule has 1 aromatic rings. The molecule has 1 aromatic heterocycles. The monoisotopic (exact) mass is 270 g/mol. The Labute approximate surface area is 113 Å². The molecule has 1 amide bonds. The van der Waals surface area contributed by atoms with Crippen LogP contribution >= 0.6 is 11.3 Å². The van der Waals surface area contributed by atoms with Crippen LogP contribution in [-0.4, -0.2) is 37.1 Å². The molecule has 0 saturated heterocycles. The molecular weight excluding hydrogens is 248 g/mol. The van der Waals surface area contributed by atoms with Crippen molar-refractivity contribution >= 4 is 22.9 Å². The molecule has 0 fully saturated rings. The number of methoxy groups -OCH3 is 1. The van der Waals surface area contributed by atoms with Crippen molar-refractivity contribution in [1.82, 2.24) is 4.90 Å². The molecule has 0 aromatic carbocycles. The lowest BCUT2D eigenvalue weighted by Crippen LogP contribution is -2.40. The van der Waals surface area contributed by atoms with Crippen molar-refractivity contribution in [1.29, 1.82) is 0 Å². The number of amides is 1. The van der Waals surface area contributed by atoms with Gasteiger partial charge in [0.15, 0.2) is 0 Å². The minimum atomic E-state index is 0.0474. The molecule has 0 aliphatic heterocycles. The highest BCUT2D eigenvalue weighted by atomic mass is 32.1. The number of nitrogens with two attached hydrogens (primary N) is 1. The number of carbonyl (C=O) groups is 1. The Bertz CT molecular complexity index is 384. The van der Waals surface area contributed by atoms with E-state index in [1.807, 2.05) is 11.8 Å². The van der Waals surface area contributed by atoms with E-state index >= 15 is 0 Å². The van der Waals surface area contributed by atoms with Crippen molar-refractivity contribution in [3.63, 3.8) is 0 Å². The van der Waals surface area contributed by atoms with Crippen LogP contribution in [0.2, 0.25) is 0 Å². The lowest BCUT2D eigenvalue weighted by molar-refractivity contribution is 0.0619. The summed E-state index contributed by atoms with van der Waals surface area (Å²) < 4.78 is 5.07. The van der Waals surface area contributed by atoms with Gasteiger partial charge in [-0.3, -0.25) is 4.79 Å². The Kier molecular flexibility index (Phi) is 5.62. The lowest BCUT2D eigenvalue weighted by Gasteiger charge is -2.27. The van der Waals surface area contributed by atoms with E-state index in [2.05, 4.69) is 13.8 Å². The highest BCUT2D eigenvalue weighted by Gasteiger charge is 2.22. The first-order chi connectivity index (χ1) is 8.51. The predicted molar refractivity (Wildman–Crippen MR) is 76.1 cm³/mol. The summed E-state index contributed by atoms with van der Waals surface area (Å²) >= 11 is 1.46. The van der Waals surface area contributed by atoms with Gasteiger partial charge in [0.1, 0.15) is 0 Å². The minimum Gasteiger partial charge on any atom is -0.398 e. The molecule has 1 unspecified atom stereocenters. The quantitative estimate of drug-likeness (QED) is 0.864. The number of rotatable bonds is 6. The number of anilines is 1. The summed E-state index contributed by atoms with van der Waals surface area (Å²) in [5.74, 6) is 0.0474. The summed E-state index contributed by atoms with van der Waals surface area (Å²) in [5.41, 5.74) is 6.50. The summed E-state index contributed by atoms with van der Waals surface area (Å²) in [7, 11) is 1.65. The molecule has 1 rings (SSSR count). The van der Waals surface area contributed by atoms with Gasteiger partial charge in [-0.25, -0.2) is 0 Å². The van der Waals surface area contributed by atoms with Crippen LogP contribution in [0.4, 0.5) is 5.69 Å². The molecule has 1 atom stereocenters. The Morgan fingerprint density at radius 2 is 2.28 bits per heavy atom. The fourth-order valence-corrected chi connectivity index (χ4v) is 2.57. The number of hydrogen-bond donors (Lipinski definition) is 1. The first-order valence-electron chi connectivity index (χ1n) is 6.17. The minimum absolute atomic E-state index is 0.0474. The zero-order chi connectivity index (χ0) is 13.7. The number of nitrogens with zero attached hydrogens (tertiary/aromatic N) is 1. The van der Waals surface area contributed by atoms with Gasteiger partial charge in [0.05, 0.1) is 11.5 Å². The second-order valence-electron chi connectivity index (χ2n) is 4.37. The Morgan fingerprint density at radius 1 is 1.61 bits per heavy atom. The SMILES string of the molecule is CCC(C)N(CCOC)C(=O)c1cc(N)c(C)s1. The zero-order valence-corrected chi connectivity index (χ0v) is 12.3. The first-order valence-corrected chi connectivity index (χ1v) is 6.98. The van der Waals surface area contributed by atoms with Crippen molar-refractivity contribution in [2.45, 2.75) is 33.2 Å². The van der Waals surface area contributed by atoms with E-state index in [9.17, 15) is 4.79 Å². The predicted octanol–water partition coefficient (Wildman–Crippen LogP) is 2.53. The maximum absolute atomic E-state index is 12.4. The van der Waals surface area contributed by atoms with E-state index in [0.29, 0.717) is 23.7 Å². The second-order valence-corrected chi connectivity index (χ2v) is 5.63. The molecular formula is C13H22N2O2S. The summed E-state index contributed by atoms with van der Waals surface area (Å²) in [4.78, 5) is 16.0. The van der Waals surface area contributed by atoms with Crippen molar-refractivity contribution in [2.24, 2.45) is 0 Å². The molecule has 0 radical (unpaired) electrons. The number of carbonyl (C=O) groups excluding carboxylic acids is 1. The average molecular weight is 270 g/mol. The van der Waals surface area contributed by atoms with Gasteiger partial charge in [-0.15, -0.1) is 11.3 Å². The van der Waals surface area contributed by atoms with Crippen molar-refractivity contribution in [2.75, 3.05) is 26.0 Å². The van der Waals surface area contributed by atoms with Gasteiger partial charge in [0.2, 0.25) is 0 Å². The molecule has 1 heterocycles. The molecule has 102 valence electrons. The largest absolute Gasteiger partial charge is 0.398 e. The maximum Gasteiger partial charge on any atom is 0.264 e. The maximum atomic E-state index is 12.4. The standard InChI is InChI=1S/C13H22N2O2S/c1-5-9(2)15(6-7-17-4)13(16)12-8-11(14)10(3)18-12/h8-9H,5-7,14H2,1-4H3. The molecule has 0 bridgehead atoms. The summed E-state index contributed by atoms with van der Waals surface area (Å²) in [6.45, 7) is 7.22. The first kappa shape index (κ1) is 15.0. The third-order valence-corrected chi connectivity index (χ3v) is 4.14. The van der Waals surface area contributed by atoms with Crippen LogP contribution < -0.4 is 5.73 Å². The molecule has 5 heteroatoms. The van der Waals surface area contributed by atoms with Gasteiger partial charge in [0, 0.05) is 30.3 Å². The van der Waals surface area contributed by atoms with E-state index < -0.39 is 0 Å². The van der Waals surface area contributed by atoms with Crippen LogP contribution in [-0.2, 0) is 4.74 Å². The topological polar surface area (TPSA) is 55.6 Å². The number of thiophene rings is 1. The van der Waals surface area contributed by atoms with Gasteiger partial charge < -0.3 is 15.4 Å². The Hall–Kier alpha value is -1.07. The van der Waals surface area contributed by atoms with Crippen LogP contribution in [0.1, 0.15) is 34.8 Å². The van der Waals surface area contributed by atoms with Crippen LogP contribution in [0.15, 0.2) is 6.07 Å². The summed E-state index contributed by atoms with van der Waals surface area (Å²) in [6, 6.07) is 1.97. The Balaban J connectivity index is 2.87. The third-order valence-electron chi connectivity index (χ3n) is 3.09.